The third-order valence-corrected chi connectivity index (χ3v) is 5.39. The Morgan fingerprint density at radius 1 is 1.03 bits per heavy atom. The van der Waals surface area contributed by atoms with Gasteiger partial charge in [-0.1, -0.05) is 30.3 Å². The highest BCUT2D eigenvalue weighted by atomic mass is 79.9. The largest absolute Gasteiger partial charge is 0.489 e. The summed E-state index contributed by atoms with van der Waals surface area (Å²) in [5.74, 6) is 1.89. The standard InChI is InChI=1S/C23H19BrN4O/c24-18-12-17(13-25-14-18)22-21-10-11-26-23(21)28(27-22)19-6-8-20(9-7-19)29-15-16-4-2-1-3-5-16/h1-9,12-14,26H,10-11,15H2. The number of nitrogens with one attached hydrogen (secondary N) is 1. The van der Waals surface area contributed by atoms with E-state index in [1.54, 1.807) is 6.20 Å². The molecule has 144 valence electrons. The van der Waals surface area contributed by atoms with E-state index in [0.29, 0.717) is 6.61 Å². The summed E-state index contributed by atoms with van der Waals surface area (Å²) in [6.45, 7) is 1.47. The number of anilines is 1. The Labute approximate surface area is 177 Å². The molecule has 0 radical (unpaired) electrons. The Morgan fingerprint density at radius 3 is 2.66 bits per heavy atom. The number of nitrogens with zero attached hydrogens (tertiary/aromatic N) is 3. The van der Waals surface area contributed by atoms with Crippen LogP contribution in [0.3, 0.4) is 0 Å². The quantitative estimate of drug-likeness (QED) is 0.455. The van der Waals surface area contributed by atoms with Gasteiger partial charge in [0, 0.05) is 34.5 Å². The minimum Gasteiger partial charge on any atom is -0.489 e. The zero-order chi connectivity index (χ0) is 19.6. The maximum absolute atomic E-state index is 5.90. The van der Waals surface area contributed by atoms with Crippen LogP contribution in [-0.2, 0) is 13.0 Å². The molecule has 0 aliphatic carbocycles. The van der Waals surface area contributed by atoms with Crippen molar-refractivity contribution in [3.05, 3.63) is 88.7 Å². The molecule has 0 atom stereocenters. The van der Waals surface area contributed by atoms with E-state index in [-0.39, 0.29) is 0 Å². The first-order valence-electron chi connectivity index (χ1n) is 9.52. The summed E-state index contributed by atoms with van der Waals surface area (Å²) < 4.78 is 8.82. The van der Waals surface area contributed by atoms with Gasteiger partial charge in [-0.05, 0) is 58.2 Å². The number of pyridine rings is 1. The molecular formula is C23H19BrN4O. The summed E-state index contributed by atoms with van der Waals surface area (Å²) in [4.78, 5) is 4.29. The van der Waals surface area contributed by atoms with E-state index in [4.69, 9.17) is 9.84 Å². The monoisotopic (exact) mass is 446 g/mol. The van der Waals surface area contributed by atoms with Crippen molar-refractivity contribution in [3.63, 3.8) is 0 Å². The van der Waals surface area contributed by atoms with Crippen LogP contribution in [0.1, 0.15) is 11.1 Å². The van der Waals surface area contributed by atoms with E-state index in [2.05, 4.69) is 44.4 Å². The van der Waals surface area contributed by atoms with E-state index < -0.39 is 0 Å². The number of halogens is 1. The van der Waals surface area contributed by atoms with Gasteiger partial charge in [0.15, 0.2) is 0 Å². The molecule has 6 heteroatoms. The summed E-state index contributed by atoms with van der Waals surface area (Å²) in [5.41, 5.74) is 5.37. The van der Waals surface area contributed by atoms with Gasteiger partial charge in [0.1, 0.15) is 18.2 Å². The zero-order valence-electron chi connectivity index (χ0n) is 15.7. The van der Waals surface area contributed by atoms with Gasteiger partial charge in [0.05, 0.1) is 11.4 Å². The highest BCUT2D eigenvalue weighted by Crippen LogP contribution is 2.35. The van der Waals surface area contributed by atoms with Gasteiger partial charge in [-0.15, -0.1) is 0 Å². The molecule has 5 rings (SSSR count). The van der Waals surface area contributed by atoms with Crippen LogP contribution in [0.25, 0.3) is 16.9 Å². The van der Waals surface area contributed by atoms with Crippen molar-refractivity contribution < 1.29 is 4.74 Å². The predicted molar refractivity (Wildman–Crippen MR) is 117 cm³/mol. The van der Waals surface area contributed by atoms with E-state index in [9.17, 15) is 0 Å². The Morgan fingerprint density at radius 2 is 1.86 bits per heavy atom. The van der Waals surface area contributed by atoms with Crippen molar-refractivity contribution >= 4 is 21.7 Å². The third kappa shape index (κ3) is 3.63. The maximum Gasteiger partial charge on any atom is 0.133 e. The number of benzene rings is 2. The number of ether oxygens (including phenoxy) is 1. The van der Waals surface area contributed by atoms with Crippen molar-refractivity contribution in [3.8, 4) is 22.7 Å². The number of hydrogen-bond acceptors (Lipinski definition) is 4. The summed E-state index contributed by atoms with van der Waals surface area (Å²) in [6, 6.07) is 20.3. The van der Waals surface area contributed by atoms with Crippen LogP contribution < -0.4 is 10.1 Å². The average Bonchev–Trinajstić information content (AvgIpc) is 3.36. The summed E-state index contributed by atoms with van der Waals surface area (Å²) >= 11 is 3.50. The third-order valence-electron chi connectivity index (χ3n) is 4.96. The zero-order valence-corrected chi connectivity index (χ0v) is 17.3. The molecule has 3 heterocycles. The predicted octanol–water partition coefficient (Wildman–Crippen LogP) is 5.24. The second kappa shape index (κ2) is 7.72. The molecule has 4 aromatic rings. The minimum absolute atomic E-state index is 0.555. The first kappa shape index (κ1) is 17.9. The first-order chi connectivity index (χ1) is 14.3. The van der Waals surface area contributed by atoms with E-state index in [1.165, 1.54) is 5.56 Å². The molecule has 0 unspecified atom stereocenters. The molecule has 0 bridgehead atoms. The molecule has 2 aromatic carbocycles. The lowest BCUT2D eigenvalue weighted by Crippen LogP contribution is -2.04. The fourth-order valence-corrected chi connectivity index (χ4v) is 3.92. The fourth-order valence-electron chi connectivity index (χ4n) is 3.56. The number of hydrogen-bond donors (Lipinski definition) is 1. The number of fused-ring (bicyclic) bond motifs is 1. The van der Waals surface area contributed by atoms with Crippen LogP contribution in [-0.4, -0.2) is 21.3 Å². The summed E-state index contributed by atoms with van der Waals surface area (Å²) in [7, 11) is 0. The molecule has 2 aromatic heterocycles. The van der Waals surface area contributed by atoms with E-state index in [1.807, 2.05) is 53.3 Å². The van der Waals surface area contributed by atoms with Gasteiger partial charge >= 0.3 is 0 Å². The Balaban J connectivity index is 1.42. The molecule has 5 nitrogen and oxygen atoms in total. The molecule has 0 saturated carbocycles. The van der Waals surface area contributed by atoms with Crippen LogP contribution in [0.4, 0.5) is 5.82 Å². The summed E-state index contributed by atoms with van der Waals surface area (Å²) in [6.07, 6.45) is 4.60. The molecule has 1 aliphatic heterocycles. The molecule has 0 amide bonds. The maximum atomic E-state index is 5.90. The van der Waals surface area contributed by atoms with Crippen molar-refractivity contribution in [2.45, 2.75) is 13.0 Å². The van der Waals surface area contributed by atoms with Gasteiger partial charge in [0.25, 0.3) is 0 Å². The van der Waals surface area contributed by atoms with Crippen molar-refractivity contribution in [1.29, 1.82) is 0 Å². The molecule has 0 spiro atoms. The number of rotatable bonds is 5. The van der Waals surface area contributed by atoms with Gasteiger partial charge in [0.2, 0.25) is 0 Å². The van der Waals surface area contributed by atoms with Gasteiger partial charge in [-0.2, -0.15) is 5.10 Å². The molecular weight excluding hydrogens is 428 g/mol. The van der Waals surface area contributed by atoms with Crippen molar-refractivity contribution in [1.82, 2.24) is 14.8 Å². The topological polar surface area (TPSA) is 52.0 Å². The molecule has 1 N–H and O–H groups in total. The molecule has 0 saturated heterocycles. The number of aromatic nitrogens is 3. The molecule has 1 aliphatic rings. The lowest BCUT2D eigenvalue weighted by molar-refractivity contribution is 0.306. The summed E-state index contributed by atoms with van der Waals surface area (Å²) in [5, 5.41) is 8.36. The highest BCUT2D eigenvalue weighted by Gasteiger charge is 2.24. The molecule has 29 heavy (non-hydrogen) atoms. The van der Waals surface area contributed by atoms with E-state index in [0.717, 1.165) is 51.5 Å². The Kier molecular flexibility index (Phi) is 4.77. The molecule has 0 fully saturated rings. The SMILES string of the molecule is Brc1cncc(-c2nn(-c3ccc(OCc4ccccc4)cc3)c3c2CCN3)c1. The highest BCUT2D eigenvalue weighted by molar-refractivity contribution is 9.10. The second-order valence-electron chi connectivity index (χ2n) is 6.92. The van der Waals surface area contributed by atoms with Crippen molar-refractivity contribution in [2.75, 3.05) is 11.9 Å². The van der Waals surface area contributed by atoms with Crippen LogP contribution in [0.15, 0.2) is 77.5 Å². The Hall–Kier alpha value is -3.12. The van der Waals surface area contributed by atoms with Crippen LogP contribution in [0.2, 0.25) is 0 Å². The normalized spacial score (nSPS) is 12.4. The Bertz CT molecular complexity index is 1140. The van der Waals surface area contributed by atoms with Gasteiger partial charge in [-0.3, -0.25) is 4.98 Å². The van der Waals surface area contributed by atoms with Crippen molar-refractivity contribution in [2.24, 2.45) is 0 Å². The lowest BCUT2D eigenvalue weighted by Gasteiger charge is -2.09. The average molecular weight is 447 g/mol. The van der Waals surface area contributed by atoms with Gasteiger partial charge in [-0.25, -0.2) is 4.68 Å². The lowest BCUT2D eigenvalue weighted by atomic mass is 10.1. The fraction of sp³-hybridized carbons (Fsp3) is 0.130. The smallest absolute Gasteiger partial charge is 0.133 e. The van der Waals surface area contributed by atoms with Crippen LogP contribution in [0, 0.1) is 0 Å². The first-order valence-corrected chi connectivity index (χ1v) is 10.3. The van der Waals surface area contributed by atoms with Crippen LogP contribution in [0.5, 0.6) is 5.75 Å². The van der Waals surface area contributed by atoms with Crippen LogP contribution >= 0.6 is 15.9 Å². The minimum atomic E-state index is 0.555. The van der Waals surface area contributed by atoms with E-state index >= 15 is 0 Å². The van der Waals surface area contributed by atoms with Gasteiger partial charge < -0.3 is 10.1 Å². The second-order valence-corrected chi connectivity index (χ2v) is 7.84.